The minimum absolute atomic E-state index is 0.118. The van der Waals surface area contributed by atoms with Crippen LogP contribution in [0.4, 0.5) is 0 Å². The molecular weight excluding hydrogens is 444 g/mol. The Morgan fingerprint density at radius 2 is 2.17 bits per heavy atom. The second kappa shape index (κ2) is 8.87. The Balaban J connectivity index is 1.33. The third kappa shape index (κ3) is 4.20. The maximum atomic E-state index is 12.3. The summed E-state index contributed by atoms with van der Waals surface area (Å²) in [5.74, 6) is 0.928. The number of hydrogen-bond acceptors (Lipinski definition) is 9. The number of carbonyl (C=O) groups excluding carboxylic acids is 1. The number of fused-ring (bicyclic) bond motifs is 1. The van der Waals surface area contributed by atoms with E-state index in [1.54, 1.807) is 6.07 Å². The number of pyridine rings is 1. The van der Waals surface area contributed by atoms with Crippen molar-refractivity contribution in [2.24, 2.45) is 0 Å². The van der Waals surface area contributed by atoms with Gasteiger partial charge in [0.25, 0.3) is 0 Å². The monoisotopic (exact) mass is 469 g/mol. The molecule has 0 bridgehead atoms. The molecule has 1 aromatic carbocycles. The average Bonchev–Trinajstić information content (AvgIpc) is 3.40. The van der Waals surface area contributed by atoms with Crippen molar-refractivity contribution in [3.8, 4) is 23.2 Å². The molecule has 2 aliphatic rings. The van der Waals surface area contributed by atoms with Crippen LogP contribution in [0.1, 0.15) is 44.4 Å². The van der Waals surface area contributed by atoms with E-state index in [-0.39, 0.29) is 12.0 Å². The Morgan fingerprint density at radius 3 is 2.94 bits per heavy atom. The number of rotatable bonds is 5. The molecule has 0 radical (unpaired) electrons. The number of nitriles is 1. The quantitative estimate of drug-likeness (QED) is 0.425. The van der Waals surface area contributed by atoms with Crippen molar-refractivity contribution < 1.29 is 18.8 Å². The van der Waals surface area contributed by atoms with Crippen molar-refractivity contribution in [3.63, 3.8) is 0 Å². The molecule has 2 aliphatic heterocycles. The smallest absolute Gasteiger partial charge is 0.337 e. The van der Waals surface area contributed by atoms with Crippen LogP contribution >= 0.6 is 0 Å². The Bertz CT molecular complexity index is 1350. The van der Waals surface area contributed by atoms with Gasteiger partial charge >= 0.3 is 5.97 Å². The number of ether oxygens (including phenoxy) is 2. The molecule has 2 aromatic heterocycles. The Labute approximate surface area is 205 Å². The van der Waals surface area contributed by atoms with Crippen molar-refractivity contribution >= 4 is 21.7 Å². The maximum Gasteiger partial charge on any atom is 0.337 e. The number of carbonyl (C=O) groups is 1. The third-order valence-electron chi connectivity index (χ3n) is 6.72. The van der Waals surface area contributed by atoms with Crippen LogP contribution in [0.5, 0.6) is 5.75 Å². The number of nitrogens with zero attached hydrogens (tertiary/aromatic N) is 4. The predicted octanol–water partition coefficient (Wildman–Crippen LogP) is 0.619. The van der Waals surface area contributed by atoms with Gasteiger partial charge in [0.15, 0.2) is 21.5 Å². The van der Waals surface area contributed by atoms with E-state index in [4.69, 9.17) is 19.3 Å². The lowest BCUT2D eigenvalue weighted by Crippen LogP contribution is -2.45. The summed E-state index contributed by atoms with van der Waals surface area (Å²) >= 11 is 0. The highest BCUT2D eigenvalue weighted by molar-refractivity contribution is 6.41. The van der Waals surface area contributed by atoms with Crippen LogP contribution in [0.2, 0.25) is 0 Å². The van der Waals surface area contributed by atoms with Gasteiger partial charge in [-0.25, -0.2) is 4.79 Å². The summed E-state index contributed by atoms with van der Waals surface area (Å²) in [4.78, 5) is 18.9. The predicted molar refractivity (Wildman–Crippen MR) is 132 cm³/mol. The summed E-state index contributed by atoms with van der Waals surface area (Å²) in [6, 6.07) is 9.66. The lowest BCUT2D eigenvalue weighted by Gasteiger charge is -2.34. The van der Waals surface area contributed by atoms with Gasteiger partial charge in [-0.3, -0.25) is 9.88 Å². The highest BCUT2D eigenvalue weighted by Gasteiger charge is 2.40. The van der Waals surface area contributed by atoms with E-state index in [0.29, 0.717) is 34.8 Å². The van der Waals surface area contributed by atoms with E-state index in [0.717, 1.165) is 36.5 Å². The standard InChI is InChI=1S/C24H25B2N5O4/c1-13-16(3-4-17-22(13)24(25,26)34-23(17)32)20-12-31(6-5-28-20)11-15-7-19(30-35-15)18-8-21(33-2)14(9-27)10-29-18/h3-4,7-8,10,20,28H,5-6,11-12,25-26H2,1-2H3/t20-/m0/s1. The van der Waals surface area contributed by atoms with Crippen molar-refractivity contribution in [3.05, 3.63) is 64.0 Å². The van der Waals surface area contributed by atoms with Crippen molar-refractivity contribution in [1.29, 1.82) is 5.26 Å². The lowest BCUT2D eigenvalue weighted by molar-refractivity contribution is 0.0444. The molecule has 1 N–H and O–H groups in total. The van der Waals surface area contributed by atoms with E-state index in [2.05, 4.69) is 33.4 Å². The fourth-order valence-electron chi connectivity index (χ4n) is 5.11. The fraction of sp³-hybridized carbons (Fsp3) is 0.333. The van der Waals surface area contributed by atoms with Crippen molar-refractivity contribution in [2.75, 3.05) is 26.7 Å². The molecule has 0 spiro atoms. The molecule has 4 heterocycles. The number of cyclic esters (lactones) is 1. The fourth-order valence-corrected chi connectivity index (χ4v) is 5.11. The first-order chi connectivity index (χ1) is 16.8. The van der Waals surface area contributed by atoms with E-state index in [1.807, 2.05) is 33.9 Å². The minimum atomic E-state index is -0.626. The zero-order valence-electron chi connectivity index (χ0n) is 20.2. The highest BCUT2D eigenvalue weighted by Crippen LogP contribution is 2.37. The number of nitrogens with one attached hydrogen (secondary N) is 1. The van der Waals surface area contributed by atoms with Crippen LogP contribution in [-0.4, -0.2) is 63.4 Å². The second-order valence-electron chi connectivity index (χ2n) is 9.40. The van der Waals surface area contributed by atoms with Crippen LogP contribution in [-0.2, 0) is 16.7 Å². The molecule has 1 atom stereocenters. The van der Waals surface area contributed by atoms with E-state index >= 15 is 0 Å². The van der Waals surface area contributed by atoms with Gasteiger partial charge in [-0.15, -0.1) is 0 Å². The first-order valence-corrected chi connectivity index (χ1v) is 11.5. The van der Waals surface area contributed by atoms with Gasteiger partial charge in [-0.1, -0.05) is 11.2 Å². The number of benzene rings is 1. The molecule has 5 rings (SSSR count). The Morgan fingerprint density at radius 1 is 1.34 bits per heavy atom. The molecule has 0 amide bonds. The Hall–Kier alpha value is -3.61. The number of aromatic nitrogens is 2. The zero-order valence-corrected chi connectivity index (χ0v) is 20.2. The molecule has 11 heteroatoms. The molecule has 0 unspecified atom stereocenters. The summed E-state index contributed by atoms with van der Waals surface area (Å²) in [6.45, 7) is 5.16. The van der Waals surface area contributed by atoms with Gasteiger partial charge in [-0.2, -0.15) is 5.26 Å². The number of methoxy groups -OCH3 is 1. The molecular formula is C24H25B2N5O4. The largest absolute Gasteiger partial charge is 0.495 e. The van der Waals surface area contributed by atoms with E-state index in [1.165, 1.54) is 18.9 Å². The van der Waals surface area contributed by atoms with Gasteiger partial charge in [0, 0.05) is 44.0 Å². The molecule has 9 nitrogen and oxygen atoms in total. The minimum Gasteiger partial charge on any atom is -0.495 e. The summed E-state index contributed by atoms with van der Waals surface area (Å²) in [6.07, 6.45) is 1.47. The molecule has 1 fully saturated rings. The second-order valence-corrected chi connectivity index (χ2v) is 9.40. The summed E-state index contributed by atoms with van der Waals surface area (Å²) in [7, 11) is 5.39. The van der Waals surface area contributed by atoms with Gasteiger partial charge < -0.3 is 19.3 Å². The van der Waals surface area contributed by atoms with Gasteiger partial charge in [-0.05, 0) is 29.7 Å². The highest BCUT2D eigenvalue weighted by atomic mass is 16.6. The normalized spacial score (nSPS) is 19.1. The number of piperazine rings is 1. The van der Waals surface area contributed by atoms with E-state index in [9.17, 15) is 4.79 Å². The number of hydrogen-bond donors (Lipinski definition) is 1. The molecule has 35 heavy (non-hydrogen) atoms. The first kappa shape index (κ1) is 23.1. The van der Waals surface area contributed by atoms with E-state index < -0.39 is 5.40 Å². The SMILES string of the molecule is BC1(B)OC(=O)c2ccc([C@@H]3CN(Cc4cc(-c5cc(OC)c(C#N)cn5)no4)CCN3)c(C)c21. The van der Waals surface area contributed by atoms with Crippen LogP contribution in [0.3, 0.4) is 0 Å². The lowest BCUT2D eigenvalue weighted by atomic mass is 9.60. The van der Waals surface area contributed by atoms with Gasteiger partial charge in [0.2, 0.25) is 0 Å². The van der Waals surface area contributed by atoms with Gasteiger partial charge in [0.05, 0.1) is 30.3 Å². The third-order valence-corrected chi connectivity index (χ3v) is 6.72. The zero-order chi connectivity index (χ0) is 24.7. The summed E-state index contributed by atoms with van der Waals surface area (Å²) in [5.41, 5.74) is 5.45. The molecule has 0 saturated carbocycles. The molecule has 3 aromatic rings. The average molecular weight is 469 g/mol. The maximum absolute atomic E-state index is 12.3. The summed E-state index contributed by atoms with van der Waals surface area (Å²) < 4.78 is 16.5. The van der Waals surface area contributed by atoms with Crippen LogP contribution in [0.25, 0.3) is 11.4 Å². The Kier molecular flexibility index (Phi) is 5.87. The van der Waals surface area contributed by atoms with Crippen LogP contribution in [0.15, 0.2) is 35.0 Å². The first-order valence-electron chi connectivity index (χ1n) is 11.5. The van der Waals surface area contributed by atoms with Crippen LogP contribution < -0.4 is 10.1 Å². The van der Waals surface area contributed by atoms with Crippen molar-refractivity contribution in [2.45, 2.75) is 24.9 Å². The molecule has 1 saturated heterocycles. The van der Waals surface area contributed by atoms with Crippen molar-refractivity contribution in [1.82, 2.24) is 20.4 Å². The summed E-state index contributed by atoms with van der Waals surface area (Å²) in [5, 5.41) is 16.3. The molecule has 176 valence electrons. The topological polar surface area (TPSA) is 114 Å². The molecule has 0 aliphatic carbocycles. The van der Waals surface area contributed by atoms with Gasteiger partial charge in [0.1, 0.15) is 23.1 Å². The number of esters is 1. The van der Waals surface area contributed by atoms with Crippen LogP contribution in [0, 0.1) is 18.3 Å².